The van der Waals surface area contributed by atoms with Gasteiger partial charge in [-0.1, -0.05) is 18.2 Å². The van der Waals surface area contributed by atoms with Gasteiger partial charge in [0.05, 0.1) is 11.7 Å². The van der Waals surface area contributed by atoms with Gasteiger partial charge in [-0.3, -0.25) is 9.59 Å². The van der Waals surface area contributed by atoms with E-state index in [0.29, 0.717) is 5.69 Å². The van der Waals surface area contributed by atoms with Crippen molar-refractivity contribution >= 4 is 17.4 Å². The molecule has 1 aliphatic rings. The Morgan fingerprint density at radius 1 is 1.21 bits per heavy atom. The number of benzene rings is 1. The number of ketones is 1. The van der Waals surface area contributed by atoms with Gasteiger partial charge in [0.2, 0.25) is 5.78 Å². The molecule has 1 aliphatic heterocycles. The first-order valence-electron chi connectivity index (χ1n) is 4.39. The smallest absolute Gasteiger partial charge is 0.287 e. The molecule has 72 valence electrons. The predicted octanol–water partition coefficient (Wildman–Crippen LogP) is 0.495. The number of amides is 1. The van der Waals surface area contributed by atoms with Gasteiger partial charge in [0.1, 0.15) is 0 Å². The fourth-order valence-electron chi connectivity index (χ4n) is 1.38. The van der Waals surface area contributed by atoms with Crippen LogP contribution in [0.15, 0.2) is 30.3 Å². The van der Waals surface area contributed by atoms with E-state index in [0.717, 1.165) is 0 Å². The van der Waals surface area contributed by atoms with Gasteiger partial charge < -0.3 is 0 Å². The third kappa shape index (κ3) is 1.29. The summed E-state index contributed by atoms with van der Waals surface area (Å²) >= 11 is 0. The van der Waals surface area contributed by atoms with Gasteiger partial charge in [-0.05, 0) is 19.1 Å². The van der Waals surface area contributed by atoms with Crippen molar-refractivity contribution in [1.29, 1.82) is 0 Å². The van der Waals surface area contributed by atoms with Crippen LogP contribution in [-0.4, -0.2) is 17.7 Å². The van der Waals surface area contributed by atoms with Crippen molar-refractivity contribution in [2.75, 3.05) is 5.01 Å². The van der Waals surface area contributed by atoms with Crippen LogP contribution < -0.4 is 10.4 Å². The quantitative estimate of drug-likeness (QED) is 0.656. The number of para-hydroxylation sites is 1. The Morgan fingerprint density at radius 2 is 1.86 bits per heavy atom. The van der Waals surface area contributed by atoms with Crippen molar-refractivity contribution in [3.8, 4) is 0 Å². The van der Waals surface area contributed by atoms with Gasteiger partial charge in [-0.25, -0.2) is 10.4 Å². The molecular weight excluding hydrogens is 180 g/mol. The SMILES string of the molecule is CC1NN(c2ccccc2)C(=O)C1=O. The number of Topliss-reactive ketones (excluding diaryl/α,β-unsaturated/α-hetero) is 1. The van der Waals surface area contributed by atoms with Crippen LogP contribution in [-0.2, 0) is 9.59 Å². The number of carbonyl (C=O) groups is 2. The monoisotopic (exact) mass is 190 g/mol. The van der Waals surface area contributed by atoms with E-state index in [1.807, 2.05) is 18.2 Å². The van der Waals surface area contributed by atoms with Crippen LogP contribution in [0.3, 0.4) is 0 Å². The zero-order valence-corrected chi connectivity index (χ0v) is 7.73. The number of hydrogen-bond acceptors (Lipinski definition) is 3. The van der Waals surface area contributed by atoms with E-state index >= 15 is 0 Å². The maximum absolute atomic E-state index is 11.4. The van der Waals surface area contributed by atoms with Gasteiger partial charge in [0, 0.05) is 0 Å². The molecule has 1 fully saturated rings. The minimum atomic E-state index is -0.497. The normalized spacial score (nSPS) is 21.8. The molecule has 1 aromatic rings. The number of hydrogen-bond donors (Lipinski definition) is 1. The maximum Gasteiger partial charge on any atom is 0.310 e. The standard InChI is InChI=1S/C10H10N2O2/c1-7-9(13)10(14)12(11-7)8-5-3-2-4-6-8/h2-7,11H,1H3. The highest BCUT2D eigenvalue weighted by Gasteiger charge is 2.36. The molecule has 1 heterocycles. The summed E-state index contributed by atoms with van der Waals surface area (Å²) in [6.07, 6.45) is 0. The van der Waals surface area contributed by atoms with Crippen molar-refractivity contribution in [1.82, 2.24) is 5.43 Å². The van der Waals surface area contributed by atoms with Crippen molar-refractivity contribution in [2.45, 2.75) is 13.0 Å². The molecule has 1 aromatic carbocycles. The highest BCUT2D eigenvalue weighted by molar-refractivity contribution is 6.44. The van der Waals surface area contributed by atoms with E-state index in [4.69, 9.17) is 0 Å². The number of hydrazine groups is 1. The molecule has 1 unspecified atom stereocenters. The third-order valence-electron chi connectivity index (χ3n) is 2.14. The summed E-state index contributed by atoms with van der Waals surface area (Å²) in [6, 6.07) is 8.61. The second kappa shape index (κ2) is 3.23. The Bertz CT molecular complexity index is 375. The maximum atomic E-state index is 11.4. The van der Waals surface area contributed by atoms with Crippen molar-refractivity contribution in [3.05, 3.63) is 30.3 Å². The minimum Gasteiger partial charge on any atom is -0.287 e. The number of rotatable bonds is 1. The topological polar surface area (TPSA) is 49.4 Å². The molecule has 14 heavy (non-hydrogen) atoms. The van der Waals surface area contributed by atoms with Crippen LogP contribution in [0.4, 0.5) is 5.69 Å². The largest absolute Gasteiger partial charge is 0.310 e. The lowest BCUT2D eigenvalue weighted by Crippen LogP contribution is -2.36. The first-order chi connectivity index (χ1) is 6.70. The van der Waals surface area contributed by atoms with E-state index in [-0.39, 0.29) is 0 Å². The summed E-state index contributed by atoms with van der Waals surface area (Å²) < 4.78 is 0. The second-order valence-corrected chi connectivity index (χ2v) is 3.19. The first kappa shape index (κ1) is 8.90. The molecule has 0 aromatic heterocycles. The molecule has 1 atom stereocenters. The molecule has 1 amide bonds. The van der Waals surface area contributed by atoms with Gasteiger partial charge in [0.15, 0.2) is 0 Å². The molecule has 0 saturated carbocycles. The highest BCUT2D eigenvalue weighted by Crippen LogP contribution is 2.15. The molecule has 4 nitrogen and oxygen atoms in total. The Labute approximate surface area is 81.5 Å². The molecule has 0 radical (unpaired) electrons. The summed E-state index contributed by atoms with van der Waals surface area (Å²) in [5.74, 6) is -0.891. The molecular formula is C10H10N2O2. The summed E-state index contributed by atoms with van der Waals surface area (Å²) in [5, 5.41) is 1.28. The summed E-state index contributed by atoms with van der Waals surface area (Å²) in [6.45, 7) is 1.67. The molecule has 1 saturated heterocycles. The third-order valence-corrected chi connectivity index (χ3v) is 2.14. The number of anilines is 1. The van der Waals surface area contributed by atoms with E-state index in [2.05, 4.69) is 5.43 Å². The van der Waals surface area contributed by atoms with Crippen LogP contribution in [0.5, 0.6) is 0 Å². The van der Waals surface area contributed by atoms with Crippen molar-refractivity contribution < 1.29 is 9.59 Å². The Balaban J connectivity index is 2.30. The first-order valence-corrected chi connectivity index (χ1v) is 4.39. The predicted molar refractivity (Wildman–Crippen MR) is 51.5 cm³/mol. The van der Waals surface area contributed by atoms with Gasteiger partial charge in [-0.15, -0.1) is 0 Å². The summed E-state index contributed by atoms with van der Waals surface area (Å²) in [5.41, 5.74) is 3.49. The molecule has 4 heteroatoms. The molecule has 0 bridgehead atoms. The van der Waals surface area contributed by atoms with Crippen molar-refractivity contribution in [3.63, 3.8) is 0 Å². The highest BCUT2D eigenvalue weighted by atomic mass is 16.2. The molecule has 1 N–H and O–H groups in total. The number of nitrogens with zero attached hydrogens (tertiary/aromatic N) is 1. The molecule has 0 spiro atoms. The fourth-order valence-corrected chi connectivity index (χ4v) is 1.38. The van der Waals surface area contributed by atoms with Crippen LogP contribution in [0, 0.1) is 0 Å². The summed E-state index contributed by atoms with van der Waals surface area (Å²) in [4.78, 5) is 22.7. The van der Waals surface area contributed by atoms with Gasteiger partial charge in [-0.2, -0.15) is 0 Å². The van der Waals surface area contributed by atoms with Crippen LogP contribution in [0.25, 0.3) is 0 Å². The average molecular weight is 190 g/mol. The number of carbonyl (C=O) groups excluding carboxylic acids is 2. The van der Waals surface area contributed by atoms with E-state index < -0.39 is 17.7 Å². The second-order valence-electron chi connectivity index (χ2n) is 3.19. The van der Waals surface area contributed by atoms with Crippen LogP contribution >= 0.6 is 0 Å². The van der Waals surface area contributed by atoms with Crippen LogP contribution in [0.2, 0.25) is 0 Å². The average Bonchev–Trinajstić information content (AvgIpc) is 2.47. The van der Waals surface area contributed by atoms with E-state index in [1.165, 1.54) is 5.01 Å². The summed E-state index contributed by atoms with van der Waals surface area (Å²) in [7, 11) is 0. The lowest BCUT2D eigenvalue weighted by atomic mass is 10.2. The minimum absolute atomic E-state index is 0.395. The van der Waals surface area contributed by atoms with Gasteiger partial charge in [0.25, 0.3) is 0 Å². The van der Waals surface area contributed by atoms with E-state index in [1.54, 1.807) is 19.1 Å². The Kier molecular flexibility index (Phi) is 2.05. The van der Waals surface area contributed by atoms with Crippen molar-refractivity contribution in [2.24, 2.45) is 0 Å². The fraction of sp³-hybridized carbons (Fsp3) is 0.200. The zero-order valence-electron chi connectivity index (χ0n) is 7.73. The molecule has 2 rings (SSSR count). The Morgan fingerprint density at radius 3 is 2.36 bits per heavy atom. The zero-order chi connectivity index (χ0) is 10.1. The Hall–Kier alpha value is -1.68. The number of nitrogens with one attached hydrogen (secondary N) is 1. The lowest BCUT2D eigenvalue weighted by molar-refractivity contribution is -0.134. The van der Waals surface area contributed by atoms with Crippen LogP contribution in [0.1, 0.15) is 6.92 Å². The lowest BCUT2D eigenvalue weighted by Gasteiger charge is -2.14. The van der Waals surface area contributed by atoms with E-state index in [9.17, 15) is 9.59 Å². The molecule has 0 aliphatic carbocycles. The van der Waals surface area contributed by atoms with Gasteiger partial charge >= 0.3 is 5.91 Å².